The van der Waals surface area contributed by atoms with E-state index in [1.165, 1.54) is 27.8 Å². The minimum absolute atomic E-state index is 0.0471. The molecule has 0 saturated carbocycles. The SMILES string of the molecule is COC(=O)c1sccc1S(=O)(=O)N1CCC(N2C(=O)CSC2=O)CC1. The van der Waals surface area contributed by atoms with E-state index in [9.17, 15) is 22.8 Å². The zero-order chi connectivity index (χ0) is 18.2. The van der Waals surface area contributed by atoms with E-state index in [1.807, 2.05) is 0 Å². The van der Waals surface area contributed by atoms with Crippen molar-refractivity contribution in [2.45, 2.75) is 23.8 Å². The lowest BCUT2D eigenvalue weighted by Crippen LogP contribution is -2.48. The number of carbonyl (C=O) groups is 3. The number of sulfonamides is 1. The molecule has 2 saturated heterocycles. The lowest BCUT2D eigenvalue weighted by atomic mass is 10.1. The highest BCUT2D eigenvalue weighted by Crippen LogP contribution is 2.31. The summed E-state index contributed by atoms with van der Waals surface area (Å²) in [6.45, 7) is 0.371. The van der Waals surface area contributed by atoms with Crippen LogP contribution in [0.3, 0.4) is 0 Å². The molecule has 136 valence electrons. The van der Waals surface area contributed by atoms with Gasteiger partial charge in [0.1, 0.15) is 9.77 Å². The molecule has 2 aliphatic rings. The van der Waals surface area contributed by atoms with Gasteiger partial charge in [0.25, 0.3) is 5.24 Å². The van der Waals surface area contributed by atoms with E-state index in [2.05, 4.69) is 4.74 Å². The molecule has 25 heavy (non-hydrogen) atoms. The van der Waals surface area contributed by atoms with Crippen LogP contribution in [-0.2, 0) is 19.6 Å². The van der Waals surface area contributed by atoms with Gasteiger partial charge in [-0.25, -0.2) is 13.2 Å². The predicted molar refractivity (Wildman–Crippen MR) is 92.1 cm³/mol. The van der Waals surface area contributed by atoms with Crippen molar-refractivity contribution in [1.29, 1.82) is 0 Å². The Hall–Kier alpha value is -1.43. The Balaban J connectivity index is 1.74. The third kappa shape index (κ3) is 3.33. The normalized spacial score (nSPS) is 20.3. The first-order valence-corrected chi connectivity index (χ1v) is 10.8. The number of hydrogen-bond donors (Lipinski definition) is 0. The first-order chi connectivity index (χ1) is 11.9. The van der Waals surface area contributed by atoms with Gasteiger partial charge >= 0.3 is 5.97 Å². The van der Waals surface area contributed by atoms with E-state index in [-0.39, 0.29) is 45.8 Å². The second-order valence-electron chi connectivity index (χ2n) is 5.56. The van der Waals surface area contributed by atoms with Crippen LogP contribution in [0.15, 0.2) is 16.3 Å². The second-order valence-corrected chi connectivity index (χ2v) is 9.31. The maximum absolute atomic E-state index is 12.8. The number of piperidine rings is 1. The fourth-order valence-corrected chi connectivity index (χ4v) is 6.49. The highest BCUT2D eigenvalue weighted by Gasteiger charge is 2.40. The molecule has 0 aliphatic carbocycles. The molecule has 0 N–H and O–H groups in total. The van der Waals surface area contributed by atoms with Gasteiger partial charge in [0.05, 0.1) is 12.9 Å². The predicted octanol–water partition coefficient (Wildman–Crippen LogP) is 1.38. The summed E-state index contributed by atoms with van der Waals surface area (Å²) in [4.78, 5) is 36.6. The topological polar surface area (TPSA) is 101 Å². The van der Waals surface area contributed by atoms with E-state index in [0.29, 0.717) is 12.8 Å². The lowest BCUT2D eigenvalue weighted by Gasteiger charge is -2.34. The van der Waals surface area contributed by atoms with E-state index in [0.717, 1.165) is 23.1 Å². The summed E-state index contributed by atoms with van der Waals surface area (Å²) in [5, 5.41) is 1.27. The smallest absolute Gasteiger partial charge is 0.349 e. The summed E-state index contributed by atoms with van der Waals surface area (Å²) in [6, 6.07) is 1.12. The number of nitrogens with zero attached hydrogens (tertiary/aromatic N) is 2. The molecule has 0 radical (unpaired) electrons. The number of imide groups is 1. The van der Waals surface area contributed by atoms with Crippen molar-refractivity contribution in [2.75, 3.05) is 26.0 Å². The van der Waals surface area contributed by atoms with Crippen LogP contribution in [-0.4, -0.2) is 66.7 Å². The summed E-state index contributed by atoms with van der Waals surface area (Å²) in [6.07, 6.45) is 0.768. The molecule has 0 atom stereocenters. The molecular weight excluding hydrogens is 388 g/mol. The quantitative estimate of drug-likeness (QED) is 0.699. The van der Waals surface area contributed by atoms with Crippen molar-refractivity contribution < 1.29 is 27.5 Å². The Kier molecular flexibility index (Phi) is 5.19. The van der Waals surface area contributed by atoms with Crippen molar-refractivity contribution in [3.05, 3.63) is 16.3 Å². The summed E-state index contributed by atoms with van der Waals surface area (Å²) >= 11 is 1.99. The van der Waals surface area contributed by atoms with Gasteiger partial charge in [-0.3, -0.25) is 14.5 Å². The minimum atomic E-state index is -3.83. The fourth-order valence-electron chi connectivity index (χ4n) is 2.94. The second kappa shape index (κ2) is 7.06. The summed E-state index contributed by atoms with van der Waals surface area (Å²) in [7, 11) is -2.63. The Morgan fingerprint density at radius 3 is 2.52 bits per heavy atom. The highest BCUT2D eigenvalue weighted by molar-refractivity contribution is 8.14. The number of carbonyl (C=O) groups excluding carboxylic acids is 3. The first kappa shape index (κ1) is 18.4. The average Bonchev–Trinajstić information content (AvgIpc) is 3.22. The van der Waals surface area contributed by atoms with Crippen LogP contribution in [0.5, 0.6) is 0 Å². The standard InChI is InChI=1S/C14H16N2O6S3/c1-22-13(18)12-10(4-7-23-12)25(20,21)15-5-2-9(3-6-15)16-11(17)8-24-14(16)19/h4,7,9H,2-3,5-6,8H2,1H3. The van der Waals surface area contributed by atoms with Gasteiger partial charge in [0.15, 0.2) is 0 Å². The van der Waals surface area contributed by atoms with Crippen LogP contribution in [0.2, 0.25) is 0 Å². The molecule has 1 aromatic heterocycles. The monoisotopic (exact) mass is 404 g/mol. The number of methoxy groups -OCH3 is 1. The Morgan fingerprint density at radius 1 is 1.28 bits per heavy atom. The zero-order valence-electron chi connectivity index (χ0n) is 13.3. The molecule has 0 spiro atoms. The third-order valence-corrected chi connectivity index (χ3v) is 7.99. The lowest BCUT2D eigenvalue weighted by molar-refractivity contribution is -0.126. The maximum atomic E-state index is 12.8. The number of rotatable bonds is 4. The average molecular weight is 404 g/mol. The van der Waals surface area contributed by atoms with Gasteiger partial charge in [-0.05, 0) is 24.3 Å². The van der Waals surface area contributed by atoms with Crippen LogP contribution < -0.4 is 0 Å². The van der Waals surface area contributed by atoms with Gasteiger partial charge < -0.3 is 4.74 Å². The molecule has 3 rings (SSSR count). The molecule has 0 bridgehead atoms. The number of thiophene rings is 1. The Bertz CT molecular complexity index is 794. The number of ether oxygens (including phenoxy) is 1. The summed E-state index contributed by atoms with van der Waals surface area (Å²) < 4.78 is 31.6. The van der Waals surface area contributed by atoms with Gasteiger partial charge in [0, 0.05) is 19.1 Å². The van der Waals surface area contributed by atoms with Gasteiger partial charge in [-0.15, -0.1) is 11.3 Å². The largest absolute Gasteiger partial charge is 0.465 e. The number of amides is 2. The third-order valence-electron chi connectivity index (χ3n) is 4.19. The van der Waals surface area contributed by atoms with Gasteiger partial charge in [-0.1, -0.05) is 11.8 Å². The molecule has 3 heterocycles. The molecule has 2 aliphatic heterocycles. The van der Waals surface area contributed by atoms with Crippen LogP contribution in [0.4, 0.5) is 4.79 Å². The number of esters is 1. The van der Waals surface area contributed by atoms with Crippen LogP contribution >= 0.6 is 23.1 Å². The van der Waals surface area contributed by atoms with E-state index in [1.54, 1.807) is 0 Å². The Morgan fingerprint density at radius 2 is 1.96 bits per heavy atom. The number of hydrogen-bond acceptors (Lipinski definition) is 8. The molecule has 8 nitrogen and oxygen atoms in total. The van der Waals surface area contributed by atoms with Crippen molar-refractivity contribution >= 4 is 50.2 Å². The Labute approximate surface area is 153 Å². The van der Waals surface area contributed by atoms with E-state index >= 15 is 0 Å². The molecule has 2 fully saturated rings. The molecular formula is C14H16N2O6S3. The van der Waals surface area contributed by atoms with Crippen LogP contribution in [0, 0.1) is 0 Å². The zero-order valence-corrected chi connectivity index (χ0v) is 15.8. The van der Waals surface area contributed by atoms with Crippen molar-refractivity contribution in [2.24, 2.45) is 0 Å². The van der Waals surface area contributed by atoms with E-state index in [4.69, 9.17) is 0 Å². The number of thioether (sulfide) groups is 1. The molecule has 0 aromatic carbocycles. The summed E-state index contributed by atoms with van der Waals surface area (Å²) in [5.74, 6) is -0.759. The first-order valence-electron chi connectivity index (χ1n) is 7.51. The van der Waals surface area contributed by atoms with Gasteiger partial charge in [0.2, 0.25) is 15.9 Å². The fraction of sp³-hybridized carbons (Fsp3) is 0.500. The highest BCUT2D eigenvalue weighted by atomic mass is 32.2. The maximum Gasteiger partial charge on any atom is 0.349 e. The minimum Gasteiger partial charge on any atom is -0.465 e. The van der Waals surface area contributed by atoms with Crippen LogP contribution in [0.25, 0.3) is 0 Å². The summed E-state index contributed by atoms with van der Waals surface area (Å²) in [5.41, 5.74) is 0. The van der Waals surface area contributed by atoms with Gasteiger partial charge in [-0.2, -0.15) is 4.31 Å². The van der Waals surface area contributed by atoms with Crippen LogP contribution in [0.1, 0.15) is 22.5 Å². The molecule has 0 unspecified atom stereocenters. The van der Waals surface area contributed by atoms with Crippen molar-refractivity contribution in [1.82, 2.24) is 9.21 Å². The van der Waals surface area contributed by atoms with E-state index < -0.39 is 16.0 Å². The molecule has 1 aromatic rings. The van der Waals surface area contributed by atoms with Crippen molar-refractivity contribution in [3.8, 4) is 0 Å². The molecule has 11 heteroatoms. The molecule has 2 amide bonds. The van der Waals surface area contributed by atoms with Crippen molar-refractivity contribution in [3.63, 3.8) is 0 Å².